The van der Waals surface area contributed by atoms with Gasteiger partial charge in [-0.3, -0.25) is 9.78 Å². The number of nitrogens with one attached hydrogen (secondary N) is 1. The van der Waals surface area contributed by atoms with Crippen LogP contribution in [0.25, 0.3) is 11.0 Å². The van der Waals surface area contributed by atoms with Crippen LogP contribution in [0.3, 0.4) is 0 Å². The third-order valence-electron chi connectivity index (χ3n) is 3.68. The fourth-order valence-electron chi connectivity index (χ4n) is 2.48. The topological polar surface area (TPSA) is 93.4 Å². The molecule has 9 heteroatoms. The highest BCUT2D eigenvalue weighted by Gasteiger charge is 2.25. The minimum Gasteiger partial charge on any atom is -1.00 e. The van der Waals surface area contributed by atoms with Gasteiger partial charge in [-0.25, -0.2) is 9.36 Å². The summed E-state index contributed by atoms with van der Waals surface area (Å²) < 4.78 is 1.79. The van der Waals surface area contributed by atoms with Crippen LogP contribution in [0.1, 0.15) is 0 Å². The Labute approximate surface area is 143 Å². The highest BCUT2D eigenvalue weighted by Crippen LogP contribution is 2.11. The number of carbonyl (C=O) groups is 1. The lowest BCUT2D eigenvalue weighted by Crippen LogP contribution is -3.00. The van der Waals surface area contributed by atoms with E-state index in [1.165, 1.54) is 4.90 Å². The van der Waals surface area contributed by atoms with Gasteiger partial charge >= 0.3 is 17.7 Å². The normalized spacial score (nSPS) is 14.8. The van der Waals surface area contributed by atoms with Gasteiger partial charge in [0.1, 0.15) is 5.39 Å². The molecule has 0 unspecified atom stereocenters. The molecule has 3 rings (SSSR count). The zero-order valence-electron chi connectivity index (χ0n) is 12.0. The molecule has 0 aliphatic carbocycles. The number of hydrogen-bond acceptors (Lipinski definition) is 4. The average molecular weight is 417 g/mol. The van der Waals surface area contributed by atoms with Crippen LogP contribution in [0.5, 0.6) is 0 Å². The molecule has 0 aromatic carbocycles. The molecule has 2 aromatic rings. The third kappa shape index (κ3) is 2.98. The molecule has 0 radical (unpaired) electrons. The summed E-state index contributed by atoms with van der Waals surface area (Å²) >= 11 is 0. The standard InChI is InChI=1S/C13H15N5O3.HI/c1-16-4-2-3-9-10(16)14-12(15-11(9)19)17-5-7-18(8-6-17)13(20)21;/h2-4H,5-8H2,1H3,(H,20,21);1H. The summed E-state index contributed by atoms with van der Waals surface area (Å²) in [5, 5.41) is 9.48. The van der Waals surface area contributed by atoms with Crippen molar-refractivity contribution >= 4 is 23.1 Å². The SMILES string of the molecule is C[n+]1cccc2c(=O)[nH]c(N3CCN(C(=O)O)CC3)nc21.[I-]. The quantitative estimate of drug-likeness (QED) is 0.372. The number of fused-ring (bicyclic) bond motifs is 1. The summed E-state index contributed by atoms with van der Waals surface area (Å²) in [5.74, 6) is 0.485. The van der Waals surface area contributed by atoms with E-state index in [4.69, 9.17) is 5.11 Å². The first kappa shape index (κ1) is 16.5. The first-order valence-corrected chi connectivity index (χ1v) is 6.68. The first-order valence-electron chi connectivity index (χ1n) is 6.68. The Kier molecular flexibility index (Phi) is 4.84. The molecule has 1 amide bonds. The second-order valence-corrected chi connectivity index (χ2v) is 5.00. The summed E-state index contributed by atoms with van der Waals surface area (Å²) in [6.45, 7) is 1.82. The molecule has 1 aliphatic heterocycles. The van der Waals surface area contributed by atoms with Gasteiger partial charge in [-0.05, 0) is 17.1 Å². The molecule has 22 heavy (non-hydrogen) atoms. The molecule has 118 valence electrons. The van der Waals surface area contributed by atoms with Crippen molar-refractivity contribution in [3.05, 3.63) is 28.7 Å². The fourth-order valence-corrected chi connectivity index (χ4v) is 2.48. The number of amides is 1. The minimum atomic E-state index is -0.916. The number of pyridine rings is 1. The predicted molar refractivity (Wildman–Crippen MR) is 75.4 cm³/mol. The monoisotopic (exact) mass is 417 g/mol. The van der Waals surface area contributed by atoms with Crippen LogP contribution in [-0.2, 0) is 7.05 Å². The lowest BCUT2D eigenvalue weighted by molar-refractivity contribution is -0.646. The van der Waals surface area contributed by atoms with E-state index in [2.05, 4.69) is 9.97 Å². The maximum absolute atomic E-state index is 12.1. The molecule has 1 fully saturated rings. The Hall–Kier alpha value is -1.91. The van der Waals surface area contributed by atoms with Crippen LogP contribution in [0.15, 0.2) is 23.1 Å². The number of piperazine rings is 1. The van der Waals surface area contributed by atoms with Crippen LogP contribution < -0.4 is 39.0 Å². The Bertz CT molecular complexity index is 755. The number of aromatic nitrogens is 3. The van der Waals surface area contributed by atoms with E-state index in [1.807, 2.05) is 18.1 Å². The van der Waals surface area contributed by atoms with E-state index in [0.29, 0.717) is 43.2 Å². The summed E-state index contributed by atoms with van der Waals surface area (Å²) in [5.41, 5.74) is 0.420. The van der Waals surface area contributed by atoms with Gasteiger partial charge in [0, 0.05) is 26.2 Å². The number of H-pyrrole nitrogens is 1. The van der Waals surface area contributed by atoms with Gasteiger partial charge in [0.25, 0.3) is 5.56 Å². The lowest BCUT2D eigenvalue weighted by Gasteiger charge is -2.31. The van der Waals surface area contributed by atoms with E-state index in [-0.39, 0.29) is 29.5 Å². The number of anilines is 1. The largest absolute Gasteiger partial charge is 1.00 e. The van der Waals surface area contributed by atoms with Crippen LogP contribution in [0.4, 0.5) is 10.7 Å². The van der Waals surface area contributed by atoms with Crippen LogP contribution in [0, 0.1) is 0 Å². The molecule has 0 saturated carbocycles. The van der Waals surface area contributed by atoms with Crippen LogP contribution in [-0.4, -0.2) is 52.2 Å². The molecule has 3 heterocycles. The van der Waals surface area contributed by atoms with Gasteiger partial charge in [-0.1, -0.05) is 0 Å². The number of aromatic amines is 1. The zero-order chi connectivity index (χ0) is 15.0. The summed E-state index contributed by atoms with van der Waals surface area (Å²) in [6, 6.07) is 3.53. The Morgan fingerprint density at radius 1 is 1.36 bits per heavy atom. The first-order chi connectivity index (χ1) is 10.1. The van der Waals surface area contributed by atoms with E-state index in [0.717, 1.165) is 0 Å². The number of nitrogens with zero attached hydrogens (tertiary/aromatic N) is 4. The highest BCUT2D eigenvalue weighted by molar-refractivity contribution is 5.71. The van der Waals surface area contributed by atoms with E-state index in [1.54, 1.807) is 16.7 Å². The predicted octanol–water partition coefficient (Wildman–Crippen LogP) is -3.45. The summed E-state index contributed by atoms with van der Waals surface area (Å²) in [7, 11) is 1.83. The van der Waals surface area contributed by atoms with E-state index < -0.39 is 6.09 Å². The fraction of sp³-hybridized carbons (Fsp3) is 0.385. The molecule has 0 spiro atoms. The van der Waals surface area contributed by atoms with Gasteiger partial charge < -0.3 is 38.9 Å². The number of aryl methyl sites for hydroxylation is 1. The molecular formula is C13H16IN5O3. The highest BCUT2D eigenvalue weighted by atomic mass is 127. The number of carboxylic acid groups (broad SMARTS) is 1. The van der Waals surface area contributed by atoms with E-state index >= 15 is 0 Å². The van der Waals surface area contributed by atoms with Crippen molar-refractivity contribution in [3.63, 3.8) is 0 Å². The number of halogens is 1. The van der Waals surface area contributed by atoms with Gasteiger partial charge in [0.15, 0.2) is 0 Å². The molecule has 0 atom stereocenters. The second-order valence-electron chi connectivity index (χ2n) is 5.00. The van der Waals surface area contributed by atoms with Gasteiger partial charge in [0.05, 0.1) is 13.2 Å². The van der Waals surface area contributed by atoms with Crippen molar-refractivity contribution in [1.82, 2.24) is 14.9 Å². The molecule has 1 aliphatic rings. The maximum atomic E-state index is 12.1. The smallest absolute Gasteiger partial charge is 0.407 e. The van der Waals surface area contributed by atoms with Crippen molar-refractivity contribution in [2.75, 3.05) is 31.1 Å². The zero-order valence-corrected chi connectivity index (χ0v) is 14.1. The minimum absolute atomic E-state index is 0. The van der Waals surface area contributed by atoms with Crippen molar-refractivity contribution in [1.29, 1.82) is 0 Å². The summed E-state index contributed by atoms with van der Waals surface area (Å²) in [6.07, 6.45) is 0.919. The lowest BCUT2D eigenvalue weighted by atomic mass is 10.3. The third-order valence-corrected chi connectivity index (χ3v) is 3.68. The number of rotatable bonds is 1. The van der Waals surface area contributed by atoms with Crippen molar-refractivity contribution in [2.45, 2.75) is 0 Å². The Morgan fingerprint density at radius 3 is 2.68 bits per heavy atom. The van der Waals surface area contributed by atoms with Gasteiger partial charge in [0.2, 0.25) is 0 Å². The van der Waals surface area contributed by atoms with Crippen LogP contribution in [0.2, 0.25) is 0 Å². The molecule has 8 nitrogen and oxygen atoms in total. The van der Waals surface area contributed by atoms with E-state index in [9.17, 15) is 9.59 Å². The van der Waals surface area contributed by atoms with Gasteiger partial charge in [-0.2, -0.15) is 0 Å². The van der Waals surface area contributed by atoms with Crippen LogP contribution >= 0.6 is 0 Å². The Balaban J connectivity index is 0.00000176. The van der Waals surface area contributed by atoms with Crippen molar-refractivity contribution in [2.24, 2.45) is 7.05 Å². The summed E-state index contributed by atoms with van der Waals surface area (Å²) in [4.78, 5) is 33.5. The molecule has 0 bridgehead atoms. The number of hydrogen-bond donors (Lipinski definition) is 2. The molecule has 2 N–H and O–H groups in total. The molecule has 1 saturated heterocycles. The van der Waals surface area contributed by atoms with Crippen molar-refractivity contribution in [3.8, 4) is 0 Å². The van der Waals surface area contributed by atoms with Crippen molar-refractivity contribution < 1.29 is 38.4 Å². The average Bonchev–Trinajstić information content (AvgIpc) is 2.48. The Morgan fingerprint density at radius 2 is 2.05 bits per heavy atom. The molecule has 2 aromatic heterocycles. The van der Waals surface area contributed by atoms with Gasteiger partial charge in [-0.15, -0.1) is 0 Å². The maximum Gasteiger partial charge on any atom is 0.407 e. The second kappa shape index (κ2) is 6.46. The molecular weight excluding hydrogens is 401 g/mol.